The van der Waals surface area contributed by atoms with Gasteiger partial charge in [0.05, 0.1) is 6.54 Å². The number of nitrogens with one attached hydrogen (secondary N) is 3. The number of halogens is 1. The largest absolute Gasteiger partial charge is 0.368 e. The predicted molar refractivity (Wildman–Crippen MR) is 123 cm³/mol. The lowest BCUT2D eigenvalue weighted by atomic mass is 9.83. The summed E-state index contributed by atoms with van der Waals surface area (Å²) in [7, 11) is 1.77. The molecule has 0 spiro atoms. The summed E-state index contributed by atoms with van der Waals surface area (Å²) < 4.78 is 0. The van der Waals surface area contributed by atoms with E-state index in [0.29, 0.717) is 17.5 Å². The standard InChI is InChI=1S/C20H31N5O2.HI/c1-3-20(10-4-5-11-20)14-25-19(22-2)24-12-15-6-8-16(9-7-15)18(27)23-13-17(21)26;/h6-9H,3-5,10-14H2,1-2H3,(H2,21,26)(H,23,27)(H2,22,24,25);1H. The lowest BCUT2D eigenvalue weighted by Crippen LogP contribution is -2.42. The van der Waals surface area contributed by atoms with E-state index < -0.39 is 5.91 Å². The summed E-state index contributed by atoms with van der Waals surface area (Å²) in [6.45, 7) is 3.66. The number of benzene rings is 1. The lowest BCUT2D eigenvalue weighted by molar-refractivity contribution is -0.117. The monoisotopic (exact) mass is 501 g/mol. The first-order valence-corrected chi connectivity index (χ1v) is 9.58. The molecule has 0 saturated heterocycles. The van der Waals surface area contributed by atoms with E-state index in [1.54, 1.807) is 19.2 Å². The molecule has 1 fully saturated rings. The van der Waals surface area contributed by atoms with E-state index in [1.165, 1.54) is 32.1 Å². The maximum atomic E-state index is 11.9. The number of rotatable bonds is 8. The molecule has 8 heteroatoms. The third-order valence-corrected chi connectivity index (χ3v) is 5.37. The van der Waals surface area contributed by atoms with Crippen LogP contribution < -0.4 is 21.7 Å². The zero-order valence-electron chi connectivity index (χ0n) is 16.7. The Labute approximate surface area is 184 Å². The molecule has 1 aromatic carbocycles. The van der Waals surface area contributed by atoms with Gasteiger partial charge in [-0.25, -0.2) is 0 Å². The highest BCUT2D eigenvalue weighted by molar-refractivity contribution is 14.0. The van der Waals surface area contributed by atoms with Gasteiger partial charge in [0.2, 0.25) is 5.91 Å². The van der Waals surface area contributed by atoms with Crippen LogP contribution in [0.1, 0.15) is 54.9 Å². The molecule has 1 aliphatic rings. The number of hydrogen-bond donors (Lipinski definition) is 4. The van der Waals surface area contributed by atoms with Crippen LogP contribution in [0.3, 0.4) is 0 Å². The van der Waals surface area contributed by atoms with Crippen molar-refractivity contribution in [2.45, 2.75) is 45.6 Å². The molecule has 2 rings (SSSR count). The van der Waals surface area contributed by atoms with Crippen molar-refractivity contribution < 1.29 is 9.59 Å². The zero-order valence-corrected chi connectivity index (χ0v) is 19.0. The normalized spacial score (nSPS) is 15.4. The van der Waals surface area contributed by atoms with Crippen LogP contribution in [0.15, 0.2) is 29.3 Å². The third-order valence-electron chi connectivity index (χ3n) is 5.37. The van der Waals surface area contributed by atoms with E-state index >= 15 is 0 Å². The summed E-state index contributed by atoms with van der Waals surface area (Å²) in [5, 5.41) is 9.25. The Hall–Kier alpha value is -1.84. The molecular formula is C20H32IN5O2. The van der Waals surface area contributed by atoms with Gasteiger partial charge in [0, 0.05) is 25.7 Å². The third kappa shape index (κ3) is 7.29. The Morgan fingerprint density at radius 1 is 1.11 bits per heavy atom. The fraction of sp³-hybridized carbons (Fsp3) is 0.550. The molecule has 0 atom stereocenters. The Bertz CT molecular complexity index is 670. The summed E-state index contributed by atoms with van der Waals surface area (Å²) in [6, 6.07) is 7.22. The second-order valence-electron chi connectivity index (χ2n) is 7.19. The first-order valence-electron chi connectivity index (χ1n) is 9.58. The van der Waals surface area contributed by atoms with E-state index in [-0.39, 0.29) is 36.4 Å². The Balaban J connectivity index is 0.00000392. The molecule has 0 bridgehead atoms. The maximum absolute atomic E-state index is 11.9. The van der Waals surface area contributed by atoms with Gasteiger partial charge in [-0.2, -0.15) is 0 Å². The van der Waals surface area contributed by atoms with E-state index in [4.69, 9.17) is 5.73 Å². The van der Waals surface area contributed by atoms with Crippen molar-refractivity contribution in [3.63, 3.8) is 0 Å². The highest BCUT2D eigenvalue weighted by Gasteiger charge is 2.31. The smallest absolute Gasteiger partial charge is 0.251 e. The molecule has 0 heterocycles. The zero-order chi connectivity index (χ0) is 19.7. The van der Waals surface area contributed by atoms with E-state index in [2.05, 4.69) is 27.9 Å². The second kappa shape index (κ2) is 11.9. The summed E-state index contributed by atoms with van der Waals surface area (Å²) in [4.78, 5) is 26.9. The van der Waals surface area contributed by atoms with Gasteiger partial charge in [-0.15, -0.1) is 24.0 Å². The van der Waals surface area contributed by atoms with E-state index in [0.717, 1.165) is 18.1 Å². The average Bonchev–Trinajstić information content (AvgIpc) is 3.16. The molecular weight excluding hydrogens is 469 g/mol. The van der Waals surface area contributed by atoms with Gasteiger partial charge < -0.3 is 21.7 Å². The molecule has 0 radical (unpaired) electrons. The average molecular weight is 501 g/mol. The van der Waals surface area contributed by atoms with Crippen LogP contribution >= 0.6 is 24.0 Å². The van der Waals surface area contributed by atoms with E-state index in [1.807, 2.05) is 12.1 Å². The number of amides is 2. The number of carbonyl (C=O) groups is 2. The van der Waals surface area contributed by atoms with Crippen LogP contribution in [0, 0.1) is 5.41 Å². The van der Waals surface area contributed by atoms with Crippen molar-refractivity contribution in [1.82, 2.24) is 16.0 Å². The number of primary amides is 1. The minimum atomic E-state index is -0.564. The summed E-state index contributed by atoms with van der Waals surface area (Å²) in [6.07, 6.45) is 6.40. The summed E-state index contributed by atoms with van der Waals surface area (Å²) in [5.74, 6) is -0.0873. The highest BCUT2D eigenvalue weighted by Crippen LogP contribution is 2.40. The van der Waals surface area contributed by atoms with Crippen molar-refractivity contribution >= 4 is 41.8 Å². The second-order valence-corrected chi connectivity index (χ2v) is 7.19. The minimum Gasteiger partial charge on any atom is -0.368 e. The van der Waals surface area contributed by atoms with Gasteiger partial charge in [-0.3, -0.25) is 14.6 Å². The van der Waals surface area contributed by atoms with E-state index in [9.17, 15) is 9.59 Å². The molecule has 7 nitrogen and oxygen atoms in total. The van der Waals surface area contributed by atoms with Crippen LogP contribution in [0.2, 0.25) is 0 Å². The molecule has 5 N–H and O–H groups in total. The van der Waals surface area contributed by atoms with Crippen LogP contribution in [-0.4, -0.2) is 37.9 Å². The van der Waals surface area contributed by atoms with Gasteiger partial charge in [0.1, 0.15) is 0 Å². The fourth-order valence-electron chi connectivity index (χ4n) is 3.50. The molecule has 28 heavy (non-hydrogen) atoms. The minimum absolute atomic E-state index is 0. The van der Waals surface area contributed by atoms with Gasteiger partial charge in [-0.1, -0.05) is 31.9 Å². The summed E-state index contributed by atoms with van der Waals surface area (Å²) >= 11 is 0. The fourth-order valence-corrected chi connectivity index (χ4v) is 3.50. The number of guanidine groups is 1. The number of hydrogen-bond acceptors (Lipinski definition) is 3. The van der Waals surface area contributed by atoms with Crippen LogP contribution in [0.25, 0.3) is 0 Å². The van der Waals surface area contributed by atoms with Crippen LogP contribution in [0.4, 0.5) is 0 Å². The Kier molecular flexibility index (Phi) is 10.3. The molecule has 1 aromatic rings. The van der Waals surface area contributed by atoms with Gasteiger partial charge in [-0.05, 0) is 42.4 Å². The van der Waals surface area contributed by atoms with Crippen LogP contribution in [0.5, 0.6) is 0 Å². The first-order chi connectivity index (χ1) is 13.0. The molecule has 0 aliphatic heterocycles. The Morgan fingerprint density at radius 2 is 1.75 bits per heavy atom. The molecule has 0 aromatic heterocycles. The summed E-state index contributed by atoms with van der Waals surface area (Å²) in [5.41, 5.74) is 6.96. The number of nitrogens with zero attached hydrogens (tertiary/aromatic N) is 1. The van der Waals surface area contributed by atoms with Gasteiger partial charge >= 0.3 is 0 Å². The predicted octanol–water partition coefficient (Wildman–Crippen LogP) is 2.16. The quantitative estimate of drug-likeness (QED) is 0.249. The van der Waals surface area contributed by atoms with Crippen molar-refractivity contribution in [3.8, 4) is 0 Å². The Morgan fingerprint density at radius 3 is 2.29 bits per heavy atom. The number of nitrogens with two attached hydrogens (primary N) is 1. The first kappa shape index (κ1) is 24.2. The highest BCUT2D eigenvalue weighted by atomic mass is 127. The van der Waals surface area contributed by atoms with Crippen LogP contribution in [-0.2, 0) is 11.3 Å². The molecule has 156 valence electrons. The lowest BCUT2D eigenvalue weighted by Gasteiger charge is -2.28. The molecule has 2 amide bonds. The van der Waals surface area contributed by atoms with Crippen molar-refractivity contribution in [1.29, 1.82) is 0 Å². The number of carbonyl (C=O) groups excluding carboxylic acids is 2. The molecule has 1 aliphatic carbocycles. The van der Waals surface area contributed by atoms with Crippen molar-refractivity contribution in [2.75, 3.05) is 20.1 Å². The van der Waals surface area contributed by atoms with Crippen molar-refractivity contribution in [2.24, 2.45) is 16.1 Å². The number of aliphatic imine (C=N–C) groups is 1. The SMILES string of the molecule is CCC1(CNC(=NC)NCc2ccc(C(=O)NCC(N)=O)cc2)CCCC1.I. The molecule has 1 saturated carbocycles. The van der Waals surface area contributed by atoms with Gasteiger partial charge in [0.25, 0.3) is 5.91 Å². The topological polar surface area (TPSA) is 109 Å². The van der Waals surface area contributed by atoms with Gasteiger partial charge in [0.15, 0.2) is 5.96 Å². The van der Waals surface area contributed by atoms with Crippen molar-refractivity contribution in [3.05, 3.63) is 35.4 Å². The molecule has 0 unspecified atom stereocenters. The maximum Gasteiger partial charge on any atom is 0.251 e.